The lowest BCUT2D eigenvalue weighted by Gasteiger charge is -2.18. The van der Waals surface area contributed by atoms with E-state index in [9.17, 15) is 14.7 Å². The molecule has 1 N–H and O–H groups in total. The summed E-state index contributed by atoms with van der Waals surface area (Å²) < 4.78 is 11.7. The van der Waals surface area contributed by atoms with Crippen LogP contribution in [0.4, 0.5) is 0 Å². The van der Waals surface area contributed by atoms with Crippen molar-refractivity contribution in [3.63, 3.8) is 0 Å². The minimum Gasteiger partial charge on any atom is -0.493 e. The van der Waals surface area contributed by atoms with Gasteiger partial charge in [-0.2, -0.15) is 4.98 Å². The summed E-state index contributed by atoms with van der Waals surface area (Å²) >= 11 is 0. The molecule has 0 fully saturated rings. The zero-order valence-electron chi connectivity index (χ0n) is 16.3. The van der Waals surface area contributed by atoms with Crippen molar-refractivity contribution in [1.29, 1.82) is 0 Å². The van der Waals surface area contributed by atoms with Crippen molar-refractivity contribution in [2.75, 3.05) is 13.7 Å². The van der Waals surface area contributed by atoms with Gasteiger partial charge in [0.2, 0.25) is 5.88 Å². The number of aromatic hydroxyl groups is 1. The maximum absolute atomic E-state index is 13.1. The van der Waals surface area contributed by atoms with Crippen LogP contribution in [0.3, 0.4) is 0 Å². The molecule has 0 aliphatic rings. The third-order valence-electron chi connectivity index (χ3n) is 4.46. The van der Waals surface area contributed by atoms with Crippen molar-refractivity contribution in [3.8, 4) is 11.6 Å². The van der Waals surface area contributed by atoms with E-state index >= 15 is 0 Å². The van der Waals surface area contributed by atoms with Gasteiger partial charge in [-0.1, -0.05) is 24.8 Å². The molecule has 0 aliphatic carbocycles. The number of rotatable bonds is 7. The van der Waals surface area contributed by atoms with E-state index in [1.165, 1.54) is 11.5 Å². The molecule has 0 saturated carbocycles. The Kier molecular flexibility index (Phi) is 5.97. The normalized spacial score (nSPS) is 11.8. The van der Waals surface area contributed by atoms with Crippen LogP contribution in [-0.2, 0) is 9.53 Å². The van der Waals surface area contributed by atoms with Crippen LogP contribution in [-0.4, -0.2) is 34.2 Å². The maximum Gasteiger partial charge on any atom is 0.306 e. The molecule has 0 aliphatic heterocycles. The van der Waals surface area contributed by atoms with E-state index in [0.29, 0.717) is 23.6 Å². The van der Waals surface area contributed by atoms with Crippen molar-refractivity contribution in [1.82, 2.24) is 9.38 Å². The van der Waals surface area contributed by atoms with E-state index in [-0.39, 0.29) is 12.0 Å². The molecular weight excluding hydrogens is 372 g/mol. The fraction of sp³-hybridized carbons (Fsp3) is 0.227. The third kappa shape index (κ3) is 4.45. The Morgan fingerprint density at radius 1 is 1.24 bits per heavy atom. The van der Waals surface area contributed by atoms with Crippen molar-refractivity contribution in [2.45, 2.75) is 19.3 Å². The third-order valence-corrected chi connectivity index (χ3v) is 4.46. The van der Waals surface area contributed by atoms with E-state index in [0.717, 1.165) is 5.57 Å². The molecule has 150 valence electrons. The highest BCUT2D eigenvalue weighted by molar-refractivity contribution is 5.71. The molecule has 1 aromatic carbocycles. The molecule has 0 radical (unpaired) electrons. The number of carbonyl (C=O) groups excluding carboxylic acids is 1. The SMILES string of the molecule is C=C(C)COc1ccc([C@@H](CC(=O)OC)c2c(O)nc3ccccn3c2=O)cc1. The molecule has 7 nitrogen and oxygen atoms in total. The average Bonchev–Trinajstić information content (AvgIpc) is 2.71. The zero-order valence-corrected chi connectivity index (χ0v) is 16.3. The van der Waals surface area contributed by atoms with Crippen LogP contribution in [0.2, 0.25) is 0 Å². The van der Waals surface area contributed by atoms with Gasteiger partial charge in [0.05, 0.1) is 19.1 Å². The van der Waals surface area contributed by atoms with Gasteiger partial charge in [-0.25, -0.2) is 0 Å². The van der Waals surface area contributed by atoms with Gasteiger partial charge in [0, 0.05) is 12.1 Å². The maximum atomic E-state index is 13.1. The molecule has 1 atom stereocenters. The van der Waals surface area contributed by atoms with Gasteiger partial charge in [-0.05, 0) is 42.3 Å². The van der Waals surface area contributed by atoms with Crippen molar-refractivity contribution in [2.24, 2.45) is 0 Å². The number of carbonyl (C=O) groups is 1. The molecule has 29 heavy (non-hydrogen) atoms. The Labute approximate surface area is 167 Å². The number of fused-ring (bicyclic) bond motifs is 1. The molecular formula is C22H22N2O5. The second-order valence-corrected chi connectivity index (χ2v) is 6.73. The van der Waals surface area contributed by atoms with Crippen LogP contribution >= 0.6 is 0 Å². The molecule has 0 saturated heterocycles. The fourth-order valence-corrected chi connectivity index (χ4v) is 3.04. The van der Waals surface area contributed by atoms with Crippen LogP contribution in [0, 0.1) is 0 Å². The number of hydrogen-bond donors (Lipinski definition) is 1. The second kappa shape index (κ2) is 8.60. The largest absolute Gasteiger partial charge is 0.493 e. The molecule has 0 bridgehead atoms. The van der Waals surface area contributed by atoms with Gasteiger partial charge in [0.15, 0.2) is 0 Å². The quantitative estimate of drug-likeness (QED) is 0.489. The molecule has 7 heteroatoms. The van der Waals surface area contributed by atoms with Crippen LogP contribution in [0.25, 0.3) is 5.65 Å². The minimum absolute atomic E-state index is 0.0368. The van der Waals surface area contributed by atoms with E-state index in [2.05, 4.69) is 11.6 Å². The molecule has 2 aromatic heterocycles. The zero-order chi connectivity index (χ0) is 21.0. The molecule has 0 amide bonds. The average molecular weight is 394 g/mol. The van der Waals surface area contributed by atoms with Gasteiger partial charge in [0.1, 0.15) is 18.0 Å². The summed E-state index contributed by atoms with van der Waals surface area (Å²) in [6.07, 6.45) is 1.45. The molecule has 3 rings (SSSR count). The van der Waals surface area contributed by atoms with Gasteiger partial charge < -0.3 is 14.6 Å². The van der Waals surface area contributed by atoms with Crippen LogP contribution in [0.1, 0.15) is 30.4 Å². The first-order valence-electron chi connectivity index (χ1n) is 9.05. The van der Waals surface area contributed by atoms with Crippen molar-refractivity contribution < 1.29 is 19.4 Å². The number of methoxy groups -OCH3 is 1. The van der Waals surface area contributed by atoms with Crippen molar-refractivity contribution >= 4 is 11.6 Å². The summed E-state index contributed by atoms with van der Waals surface area (Å²) in [5.74, 6) is -1.01. The van der Waals surface area contributed by atoms with E-state index in [1.807, 2.05) is 6.92 Å². The minimum atomic E-state index is -0.727. The van der Waals surface area contributed by atoms with Crippen LogP contribution in [0.5, 0.6) is 11.6 Å². The summed E-state index contributed by atoms with van der Waals surface area (Å²) in [6, 6.07) is 12.0. The summed E-state index contributed by atoms with van der Waals surface area (Å²) in [5, 5.41) is 10.5. The predicted octanol–water partition coefficient (Wildman–Crippen LogP) is 3.05. The highest BCUT2D eigenvalue weighted by atomic mass is 16.5. The lowest BCUT2D eigenvalue weighted by Crippen LogP contribution is -2.24. The Balaban J connectivity index is 2.07. The molecule has 0 unspecified atom stereocenters. The standard InChI is InChI=1S/C22H22N2O5/c1-14(2)13-29-16-9-7-15(8-10-16)17(12-19(25)28-3)20-21(26)23-18-6-4-5-11-24(18)22(20)27/h4-11,17,26H,1,12-13H2,2-3H3/t17-/m1/s1. The second-order valence-electron chi connectivity index (χ2n) is 6.73. The van der Waals surface area contributed by atoms with Gasteiger partial charge in [-0.15, -0.1) is 0 Å². The lowest BCUT2D eigenvalue weighted by molar-refractivity contribution is -0.140. The topological polar surface area (TPSA) is 90.1 Å². The lowest BCUT2D eigenvalue weighted by atomic mass is 9.89. The fourth-order valence-electron chi connectivity index (χ4n) is 3.04. The van der Waals surface area contributed by atoms with Gasteiger partial charge in [-0.3, -0.25) is 14.0 Å². The predicted molar refractivity (Wildman–Crippen MR) is 108 cm³/mol. The van der Waals surface area contributed by atoms with E-state index < -0.39 is 23.3 Å². The Bertz CT molecular complexity index is 1100. The van der Waals surface area contributed by atoms with Gasteiger partial charge >= 0.3 is 5.97 Å². The highest BCUT2D eigenvalue weighted by Gasteiger charge is 2.26. The van der Waals surface area contributed by atoms with Crippen LogP contribution in [0.15, 0.2) is 65.6 Å². The summed E-state index contributed by atoms with van der Waals surface area (Å²) in [4.78, 5) is 29.2. The molecule has 0 spiro atoms. The number of benzene rings is 1. The monoisotopic (exact) mass is 394 g/mol. The van der Waals surface area contributed by atoms with E-state index in [4.69, 9.17) is 9.47 Å². The number of hydrogen-bond acceptors (Lipinski definition) is 6. The first kappa shape index (κ1) is 20.1. The molecule has 3 aromatic rings. The van der Waals surface area contributed by atoms with Crippen LogP contribution < -0.4 is 10.3 Å². The Morgan fingerprint density at radius 3 is 2.62 bits per heavy atom. The summed E-state index contributed by atoms with van der Waals surface area (Å²) in [7, 11) is 1.28. The number of pyridine rings is 1. The number of ether oxygens (including phenoxy) is 2. The Morgan fingerprint density at radius 2 is 1.97 bits per heavy atom. The summed E-state index contributed by atoms with van der Waals surface area (Å²) in [6.45, 7) is 6.05. The first-order chi connectivity index (χ1) is 13.9. The summed E-state index contributed by atoms with van der Waals surface area (Å²) in [5.41, 5.74) is 1.46. The van der Waals surface area contributed by atoms with E-state index in [1.54, 1.807) is 48.7 Å². The number of aromatic nitrogens is 2. The highest BCUT2D eigenvalue weighted by Crippen LogP contribution is 2.32. The number of nitrogens with zero attached hydrogens (tertiary/aromatic N) is 2. The Hall–Kier alpha value is -3.61. The molecule has 2 heterocycles. The first-order valence-corrected chi connectivity index (χ1v) is 9.05. The smallest absolute Gasteiger partial charge is 0.306 e. The number of esters is 1. The van der Waals surface area contributed by atoms with Gasteiger partial charge in [0.25, 0.3) is 5.56 Å². The van der Waals surface area contributed by atoms with Crippen molar-refractivity contribution in [3.05, 3.63) is 82.3 Å².